The van der Waals surface area contributed by atoms with Gasteiger partial charge in [0, 0.05) is 23.3 Å². The monoisotopic (exact) mass is 352 g/mol. The van der Waals surface area contributed by atoms with E-state index in [1.54, 1.807) is 0 Å². The zero-order valence-corrected chi connectivity index (χ0v) is 15.6. The highest BCUT2D eigenvalue weighted by Gasteiger charge is 2.17. The lowest BCUT2D eigenvalue weighted by Crippen LogP contribution is -2.09. The van der Waals surface area contributed by atoms with Crippen LogP contribution < -0.4 is 4.74 Å². The van der Waals surface area contributed by atoms with Crippen LogP contribution in [0.5, 0.6) is 5.75 Å². The van der Waals surface area contributed by atoms with E-state index in [1.165, 1.54) is 11.3 Å². The number of hydrogen-bond donors (Lipinski definition) is 0. The van der Waals surface area contributed by atoms with Gasteiger partial charge in [0.25, 0.3) is 0 Å². The molecular formula is C25H22NO+. The van der Waals surface area contributed by atoms with E-state index in [0.29, 0.717) is 0 Å². The van der Waals surface area contributed by atoms with Gasteiger partial charge in [-0.2, -0.15) is 0 Å². The molecule has 2 aromatic rings. The zero-order valence-electron chi connectivity index (χ0n) is 15.6. The summed E-state index contributed by atoms with van der Waals surface area (Å²) in [5.41, 5.74) is 5.70. The standard InChI is InChI=1S/C25H22NO/c1-26(2)22-16-13-19(14-17-22)12-15-21-18-25(20-8-4-3-5-9-20)27-24-11-7-6-10-23(21)24/h3-18H,1-2H3/q+1/b21-15+. The van der Waals surface area contributed by atoms with Crippen LogP contribution in [0.4, 0.5) is 0 Å². The van der Waals surface area contributed by atoms with Gasteiger partial charge >= 0.3 is 0 Å². The first-order valence-corrected chi connectivity index (χ1v) is 9.07. The van der Waals surface area contributed by atoms with Crippen LogP contribution in [0.1, 0.15) is 11.1 Å². The van der Waals surface area contributed by atoms with Gasteiger partial charge in [0.15, 0.2) is 5.71 Å². The zero-order chi connectivity index (χ0) is 18.6. The maximum atomic E-state index is 6.14. The Morgan fingerprint density at radius 2 is 1.48 bits per heavy atom. The first-order valence-electron chi connectivity index (χ1n) is 9.07. The molecule has 27 heavy (non-hydrogen) atoms. The molecule has 4 rings (SSSR count). The van der Waals surface area contributed by atoms with Gasteiger partial charge in [-0.25, -0.2) is 4.58 Å². The number of rotatable bonds is 2. The molecule has 0 spiro atoms. The van der Waals surface area contributed by atoms with Crippen molar-refractivity contribution in [2.75, 3.05) is 14.1 Å². The number of benzene rings is 2. The van der Waals surface area contributed by atoms with Crippen molar-refractivity contribution < 1.29 is 9.31 Å². The molecule has 0 radical (unpaired) electrons. The van der Waals surface area contributed by atoms with E-state index in [4.69, 9.17) is 4.74 Å². The highest BCUT2D eigenvalue weighted by molar-refractivity contribution is 6.02. The molecule has 0 saturated carbocycles. The van der Waals surface area contributed by atoms with Gasteiger partial charge in [-0.3, -0.25) is 0 Å². The van der Waals surface area contributed by atoms with Gasteiger partial charge in [-0.05, 0) is 35.4 Å². The molecule has 1 heterocycles. The van der Waals surface area contributed by atoms with E-state index >= 15 is 0 Å². The minimum absolute atomic E-state index is 0.872. The molecule has 132 valence electrons. The molecule has 2 nitrogen and oxygen atoms in total. The molecule has 0 unspecified atom stereocenters. The smallest absolute Gasteiger partial charge is 0.199 e. The molecule has 0 atom stereocenters. The van der Waals surface area contributed by atoms with Crippen molar-refractivity contribution in [3.8, 4) is 5.75 Å². The van der Waals surface area contributed by atoms with E-state index in [9.17, 15) is 0 Å². The molecule has 0 aromatic heterocycles. The highest BCUT2D eigenvalue weighted by atomic mass is 16.5. The van der Waals surface area contributed by atoms with Gasteiger partial charge in [0.2, 0.25) is 0 Å². The van der Waals surface area contributed by atoms with Crippen LogP contribution >= 0.6 is 0 Å². The third-order valence-electron chi connectivity index (χ3n) is 4.63. The molecule has 0 fully saturated rings. The number of fused-ring (bicyclic) bond motifs is 1. The summed E-state index contributed by atoms with van der Waals surface area (Å²) >= 11 is 0. The van der Waals surface area contributed by atoms with Crippen LogP contribution in [-0.4, -0.2) is 24.4 Å². The van der Waals surface area contributed by atoms with Crippen molar-refractivity contribution in [3.63, 3.8) is 0 Å². The third-order valence-corrected chi connectivity index (χ3v) is 4.63. The van der Waals surface area contributed by atoms with Crippen LogP contribution in [0.15, 0.2) is 103 Å². The van der Waals surface area contributed by atoms with Crippen LogP contribution in [-0.2, 0) is 0 Å². The number of hydrogen-bond acceptors (Lipinski definition) is 1. The normalized spacial score (nSPS) is 16.7. The number of para-hydroxylation sites is 1. The Morgan fingerprint density at radius 1 is 0.778 bits per heavy atom. The van der Waals surface area contributed by atoms with Gasteiger partial charge in [0.1, 0.15) is 25.6 Å². The molecule has 1 aliphatic heterocycles. The summed E-state index contributed by atoms with van der Waals surface area (Å²) in [5.74, 6) is 1.76. The summed E-state index contributed by atoms with van der Waals surface area (Å²) in [6.45, 7) is 0. The molecule has 0 amide bonds. The van der Waals surface area contributed by atoms with Crippen molar-refractivity contribution in [2.45, 2.75) is 0 Å². The summed E-state index contributed by atoms with van der Waals surface area (Å²) in [5, 5.41) is 0. The van der Waals surface area contributed by atoms with Crippen molar-refractivity contribution in [1.82, 2.24) is 0 Å². The molecule has 0 bridgehead atoms. The van der Waals surface area contributed by atoms with E-state index in [1.807, 2.05) is 36.4 Å². The summed E-state index contributed by atoms with van der Waals surface area (Å²) in [6, 6.07) is 18.4. The minimum Gasteiger partial charge on any atom is -0.456 e. The Hall–Kier alpha value is -3.39. The quantitative estimate of drug-likeness (QED) is 0.671. The van der Waals surface area contributed by atoms with Crippen molar-refractivity contribution in [2.24, 2.45) is 0 Å². The lowest BCUT2D eigenvalue weighted by Gasteiger charge is -2.20. The first-order chi connectivity index (χ1) is 13.2. The summed E-state index contributed by atoms with van der Waals surface area (Å²) in [6.07, 6.45) is 15.0. The topological polar surface area (TPSA) is 12.2 Å². The fraction of sp³-hybridized carbons (Fsp3) is 0.0800. The Labute approximate surface area is 160 Å². The van der Waals surface area contributed by atoms with E-state index in [0.717, 1.165) is 28.2 Å². The van der Waals surface area contributed by atoms with E-state index < -0.39 is 0 Å². The third kappa shape index (κ3) is 3.75. The maximum Gasteiger partial charge on any atom is 0.199 e. The van der Waals surface area contributed by atoms with Crippen molar-refractivity contribution in [1.29, 1.82) is 0 Å². The molecule has 2 heteroatoms. The average molecular weight is 352 g/mol. The minimum atomic E-state index is 0.872. The second-order valence-electron chi connectivity index (χ2n) is 6.75. The Balaban J connectivity index is 1.72. The average Bonchev–Trinajstić information content (AvgIpc) is 2.72. The lowest BCUT2D eigenvalue weighted by atomic mass is 9.98. The Bertz CT molecular complexity index is 1020. The predicted molar refractivity (Wildman–Crippen MR) is 113 cm³/mol. The van der Waals surface area contributed by atoms with Crippen LogP contribution in [0, 0.1) is 0 Å². The highest BCUT2D eigenvalue weighted by Crippen LogP contribution is 2.36. The van der Waals surface area contributed by atoms with E-state index in [-0.39, 0.29) is 0 Å². The van der Waals surface area contributed by atoms with Crippen molar-refractivity contribution in [3.05, 3.63) is 114 Å². The summed E-state index contributed by atoms with van der Waals surface area (Å²) in [7, 11) is 4.10. The summed E-state index contributed by atoms with van der Waals surface area (Å²) < 4.78 is 8.25. The van der Waals surface area contributed by atoms with Crippen molar-refractivity contribution >= 4 is 17.0 Å². The lowest BCUT2D eigenvalue weighted by molar-refractivity contribution is -0.462. The second-order valence-corrected chi connectivity index (χ2v) is 6.75. The number of nitrogens with zero attached hydrogens (tertiary/aromatic N) is 1. The molecular weight excluding hydrogens is 330 g/mol. The predicted octanol–water partition coefficient (Wildman–Crippen LogP) is 5.27. The number of allylic oxidation sites excluding steroid dienone is 9. The van der Waals surface area contributed by atoms with Crippen LogP contribution in [0.25, 0.3) is 11.3 Å². The Morgan fingerprint density at radius 3 is 2.22 bits per heavy atom. The molecule has 2 aromatic carbocycles. The van der Waals surface area contributed by atoms with Gasteiger partial charge < -0.3 is 4.74 Å². The molecule has 0 saturated heterocycles. The fourth-order valence-corrected chi connectivity index (χ4v) is 3.11. The summed E-state index contributed by atoms with van der Waals surface area (Å²) in [4.78, 5) is 0. The van der Waals surface area contributed by atoms with Gasteiger partial charge in [-0.1, -0.05) is 60.7 Å². The molecule has 1 aliphatic carbocycles. The SMILES string of the molecule is C[N+](C)=C1C=CC(=C/C=C2\C=C(c3ccccc3)Oc3ccccc32)C=C1. The maximum absolute atomic E-state index is 6.14. The molecule has 0 N–H and O–H groups in total. The number of ether oxygens (including phenoxy) is 1. The van der Waals surface area contributed by atoms with Crippen LogP contribution in [0.3, 0.4) is 0 Å². The van der Waals surface area contributed by atoms with E-state index in [2.05, 4.69) is 79.4 Å². The van der Waals surface area contributed by atoms with Gasteiger partial charge in [-0.15, -0.1) is 0 Å². The first kappa shape index (κ1) is 17.0. The largest absolute Gasteiger partial charge is 0.456 e. The second kappa shape index (κ2) is 7.46. The van der Waals surface area contributed by atoms with Crippen LogP contribution in [0.2, 0.25) is 0 Å². The van der Waals surface area contributed by atoms with Gasteiger partial charge in [0.05, 0.1) is 0 Å². The fourth-order valence-electron chi connectivity index (χ4n) is 3.11. The molecule has 2 aliphatic rings. The Kier molecular flexibility index (Phi) is 4.71.